The summed E-state index contributed by atoms with van der Waals surface area (Å²) in [7, 11) is 2.73. The second-order valence-electron chi connectivity index (χ2n) is 11.5. The SMILES string of the molecule is COOSc1c(C(=O)OC)c2nc(-c3ccc(N4CCCC4)c(NS(=O)Oc4cc(C)ccc4C)c3)[nH]n2c1Sc1cc(C)ccc1C. The lowest BCUT2D eigenvalue weighted by atomic mass is 10.1. The predicted octanol–water partition coefficient (Wildman–Crippen LogP) is 7.76. The summed E-state index contributed by atoms with van der Waals surface area (Å²) in [5.41, 5.74) is 6.97. The second-order valence-corrected chi connectivity index (χ2v) is 14.1. The molecule has 0 aliphatic carbocycles. The van der Waals surface area contributed by atoms with Crippen LogP contribution >= 0.6 is 23.8 Å². The molecule has 2 aromatic heterocycles. The summed E-state index contributed by atoms with van der Waals surface area (Å²) in [5.74, 6) is 0.488. The highest BCUT2D eigenvalue weighted by atomic mass is 32.2. The van der Waals surface area contributed by atoms with Crippen molar-refractivity contribution in [1.82, 2.24) is 14.6 Å². The van der Waals surface area contributed by atoms with Gasteiger partial charge in [-0.15, -0.1) is 0 Å². The molecule has 1 aliphatic heterocycles. The third-order valence-electron chi connectivity index (χ3n) is 8.04. The van der Waals surface area contributed by atoms with Crippen LogP contribution in [-0.2, 0) is 25.2 Å². The largest absolute Gasteiger partial charge is 0.465 e. The molecule has 2 N–H and O–H groups in total. The van der Waals surface area contributed by atoms with Gasteiger partial charge in [-0.05, 0) is 93.1 Å². The first-order valence-corrected chi connectivity index (χ1v) is 18.0. The lowest BCUT2D eigenvalue weighted by molar-refractivity contribution is -0.160. The Morgan fingerprint density at radius 1 is 0.958 bits per heavy atom. The fourth-order valence-corrected chi connectivity index (χ4v) is 8.14. The number of aryl methyl sites for hydroxylation is 4. The fraction of sp³-hybridized carbons (Fsp3) is 0.294. The molecule has 5 aromatic rings. The van der Waals surface area contributed by atoms with Crippen molar-refractivity contribution in [3.63, 3.8) is 0 Å². The number of carbonyl (C=O) groups excluding carboxylic acids is 1. The fourth-order valence-electron chi connectivity index (χ4n) is 5.53. The standard InChI is InChI=1S/C34H37N5O6S3/c1-20-9-11-22(3)27(17-20)44-48(41)37-25-19-24(13-14-26(25)38-15-7-8-16-38)31-35-32-29(34(40)42-5)30(47-45-43-6)33(39(32)36-31)46-28-18-21(2)10-12-23(28)4/h9-14,17-19,37H,7-8,15-16H2,1-6H3,(H,35,36). The van der Waals surface area contributed by atoms with Crippen LogP contribution in [0.15, 0.2) is 69.4 Å². The molecule has 3 heterocycles. The number of esters is 1. The number of nitrogens with zero attached hydrogens (tertiary/aromatic N) is 3. The average molecular weight is 708 g/mol. The van der Waals surface area contributed by atoms with Gasteiger partial charge >= 0.3 is 17.2 Å². The zero-order chi connectivity index (χ0) is 33.9. The van der Waals surface area contributed by atoms with Gasteiger partial charge in [-0.2, -0.15) is 8.54 Å². The monoisotopic (exact) mass is 707 g/mol. The first-order chi connectivity index (χ1) is 23.2. The number of aromatic amines is 1. The number of aromatic nitrogens is 3. The van der Waals surface area contributed by atoms with Crippen molar-refractivity contribution >= 4 is 58.1 Å². The summed E-state index contributed by atoms with van der Waals surface area (Å²) >= 11 is 0.520. The molecule has 1 saturated heterocycles. The van der Waals surface area contributed by atoms with Crippen molar-refractivity contribution in [3.05, 3.63) is 82.4 Å². The molecular formula is C34H37N5O6S3. The smallest absolute Gasteiger partial charge is 0.343 e. The molecule has 0 saturated carbocycles. The van der Waals surface area contributed by atoms with Crippen LogP contribution in [0.3, 0.4) is 0 Å². The van der Waals surface area contributed by atoms with Gasteiger partial charge in [0.15, 0.2) is 11.5 Å². The summed E-state index contributed by atoms with van der Waals surface area (Å²) < 4.78 is 34.5. The van der Waals surface area contributed by atoms with E-state index in [-0.39, 0.29) is 5.56 Å². The first kappa shape index (κ1) is 33.9. The van der Waals surface area contributed by atoms with Gasteiger partial charge in [0, 0.05) is 23.5 Å². The number of hydrogen-bond acceptors (Lipinski definition) is 10. The highest BCUT2D eigenvalue weighted by Crippen LogP contribution is 2.43. The maximum Gasteiger partial charge on any atom is 0.343 e. The van der Waals surface area contributed by atoms with E-state index in [1.165, 1.54) is 26.0 Å². The van der Waals surface area contributed by atoms with Gasteiger partial charge < -0.3 is 13.8 Å². The van der Waals surface area contributed by atoms with Crippen LogP contribution in [0.4, 0.5) is 11.4 Å². The summed E-state index contributed by atoms with van der Waals surface area (Å²) in [6.07, 6.45) is 2.16. The number of benzene rings is 3. The van der Waals surface area contributed by atoms with Gasteiger partial charge in [-0.1, -0.05) is 36.0 Å². The third-order valence-corrected chi connectivity index (χ3v) is 10.9. The van der Waals surface area contributed by atoms with Gasteiger partial charge in [0.25, 0.3) is 0 Å². The molecule has 11 nitrogen and oxygen atoms in total. The van der Waals surface area contributed by atoms with Crippen molar-refractivity contribution in [1.29, 1.82) is 0 Å². The molecule has 1 fully saturated rings. The number of methoxy groups -OCH3 is 1. The quantitative estimate of drug-likeness (QED) is 0.0577. The normalized spacial score (nSPS) is 13.7. The maximum absolute atomic E-state index is 13.4. The minimum atomic E-state index is -1.88. The highest BCUT2D eigenvalue weighted by Gasteiger charge is 2.30. The van der Waals surface area contributed by atoms with E-state index < -0.39 is 17.2 Å². The van der Waals surface area contributed by atoms with Gasteiger partial charge in [0.1, 0.15) is 16.3 Å². The van der Waals surface area contributed by atoms with Crippen molar-refractivity contribution in [2.24, 2.45) is 0 Å². The molecule has 14 heteroatoms. The van der Waals surface area contributed by atoms with Crippen LogP contribution in [0.2, 0.25) is 0 Å². The maximum atomic E-state index is 13.4. The molecule has 6 rings (SSSR count). The number of ether oxygens (including phenoxy) is 1. The zero-order valence-electron chi connectivity index (χ0n) is 27.5. The van der Waals surface area contributed by atoms with Crippen LogP contribution in [0.25, 0.3) is 17.0 Å². The molecule has 1 aliphatic rings. The highest BCUT2D eigenvalue weighted by molar-refractivity contribution is 8.00. The van der Waals surface area contributed by atoms with E-state index in [1.54, 1.807) is 4.52 Å². The molecule has 0 amide bonds. The van der Waals surface area contributed by atoms with E-state index in [1.807, 2.05) is 64.1 Å². The molecule has 1 atom stereocenters. The number of hydrogen-bond donors (Lipinski definition) is 2. The van der Waals surface area contributed by atoms with Crippen LogP contribution in [-0.4, -0.2) is 52.1 Å². The van der Waals surface area contributed by atoms with Crippen LogP contribution in [0, 0.1) is 27.7 Å². The minimum Gasteiger partial charge on any atom is -0.465 e. The number of carbonyl (C=O) groups is 1. The van der Waals surface area contributed by atoms with Crippen molar-refractivity contribution in [2.45, 2.75) is 55.4 Å². The van der Waals surface area contributed by atoms with Crippen LogP contribution in [0.5, 0.6) is 5.75 Å². The van der Waals surface area contributed by atoms with Gasteiger partial charge in [0.2, 0.25) is 0 Å². The summed E-state index contributed by atoms with van der Waals surface area (Å²) in [6, 6.07) is 17.9. The Labute approximate surface area is 290 Å². The van der Waals surface area contributed by atoms with Gasteiger partial charge in [-0.3, -0.25) is 9.82 Å². The average Bonchev–Trinajstić information content (AvgIpc) is 3.81. The lowest BCUT2D eigenvalue weighted by Crippen LogP contribution is -2.21. The summed E-state index contributed by atoms with van der Waals surface area (Å²) in [5, 5.41) is 4.07. The molecule has 48 heavy (non-hydrogen) atoms. The van der Waals surface area contributed by atoms with E-state index in [0.717, 1.165) is 70.8 Å². The Kier molecular flexibility index (Phi) is 10.4. The molecular weight excluding hydrogens is 671 g/mol. The second kappa shape index (κ2) is 14.7. The Hall–Kier alpha value is -3.95. The van der Waals surface area contributed by atoms with Crippen molar-refractivity contribution in [3.8, 4) is 17.1 Å². The molecule has 3 aromatic carbocycles. The first-order valence-electron chi connectivity index (χ1n) is 15.4. The molecule has 0 radical (unpaired) electrons. The van der Waals surface area contributed by atoms with Gasteiger partial charge in [-0.25, -0.2) is 19.2 Å². The van der Waals surface area contributed by atoms with Crippen molar-refractivity contribution < 1.29 is 27.1 Å². The van der Waals surface area contributed by atoms with Gasteiger partial charge in [0.05, 0.1) is 42.5 Å². The zero-order valence-corrected chi connectivity index (χ0v) is 30.0. The topological polar surface area (TPSA) is 119 Å². The number of rotatable bonds is 12. The summed E-state index contributed by atoms with van der Waals surface area (Å²) in [4.78, 5) is 26.8. The number of anilines is 2. The Morgan fingerprint density at radius 3 is 2.42 bits per heavy atom. The Balaban J connectivity index is 1.43. The summed E-state index contributed by atoms with van der Waals surface area (Å²) in [6.45, 7) is 9.75. The van der Waals surface area contributed by atoms with E-state index in [9.17, 15) is 9.00 Å². The minimum absolute atomic E-state index is 0.241. The van der Waals surface area contributed by atoms with Crippen LogP contribution in [0.1, 0.15) is 45.5 Å². The number of nitrogens with one attached hydrogen (secondary N) is 2. The van der Waals surface area contributed by atoms with E-state index in [4.69, 9.17) is 23.1 Å². The number of H-pyrrole nitrogens is 1. The van der Waals surface area contributed by atoms with E-state index in [0.29, 0.717) is 38.4 Å². The van der Waals surface area contributed by atoms with Crippen molar-refractivity contribution in [2.75, 3.05) is 36.9 Å². The van der Waals surface area contributed by atoms with E-state index in [2.05, 4.69) is 32.9 Å². The molecule has 0 bridgehead atoms. The molecule has 1 unspecified atom stereocenters. The third kappa shape index (κ3) is 7.08. The molecule has 252 valence electrons. The Morgan fingerprint density at radius 2 is 1.69 bits per heavy atom. The van der Waals surface area contributed by atoms with Crippen LogP contribution < -0.4 is 13.8 Å². The predicted molar refractivity (Wildman–Crippen MR) is 190 cm³/mol. The lowest BCUT2D eigenvalue weighted by Gasteiger charge is -2.22. The Bertz CT molecular complexity index is 2000. The number of fused-ring (bicyclic) bond motifs is 1. The molecule has 0 spiro atoms. The van der Waals surface area contributed by atoms with E-state index >= 15 is 0 Å².